The number of allylic oxidation sites excluding steroid dienone is 1. The maximum absolute atomic E-state index is 5.46. The van der Waals surface area contributed by atoms with Crippen molar-refractivity contribution >= 4 is 0 Å². The molecule has 2 heteroatoms. The standard InChI is InChI=1S/C11H21NO/c1-2-3-8-13-9-6-11-5-4-7-12-10-11/h2-3,11-12H,4-10H2,1H3. The molecule has 0 bridgehead atoms. The normalized spacial score (nSPS) is 23.9. The zero-order valence-corrected chi connectivity index (χ0v) is 8.59. The van der Waals surface area contributed by atoms with Crippen LogP contribution in [-0.2, 0) is 4.74 Å². The van der Waals surface area contributed by atoms with Gasteiger partial charge in [0.05, 0.1) is 6.61 Å². The van der Waals surface area contributed by atoms with Gasteiger partial charge in [0.1, 0.15) is 0 Å². The van der Waals surface area contributed by atoms with E-state index in [9.17, 15) is 0 Å². The molecule has 1 heterocycles. The first kappa shape index (κ1) is 10.7. The quantitative estimate of drug-likeness (QED) is 0.520. The molecule has 76 valence electrons. The molecule has 1 N–H and O–H groups in total. The van der Waals surface area contributed by atoms with Crippen molar-refractivity contribution in [2.75, 3.05) is 26.3 Å². The van der Waals surface area contributed by atoms with E-state index < -0.39 is 0 Å². The Morgan fingerprint density at radius 3 is 3.15 bits per heavy atom. The van der Waals surface area contributed by atoms with Crippen molar-refractivity contribution in [3.63, 3.8) is 0 Å². The van der Waals surface area contributed by atoms with E-state index in [2.05, 4.69) is 11.4 Å². The van der Waals surface area contributed by atoms with Crippen LogP contribution in [0.5, 0.6) is 0 Å². The summed E-state index contributed by atoms with van der Waals surface area (Å²) in [5, 5.41) is 3.42. The van der Waals surface area contributed by atoms with E-state index in [4.69, 9.17) is 4.74 Å². The van der Waals surface area contributed by atoms with Crippen LogP contribution in [0.2, 0.25) is 0 Å². The van der Waals surface area contributed by atoms with E-state index >= 15 is 0 Å². The summed E-state index contributed by atoms with van der Waals surface area (Å²) in [5.74, 6) is 0.847. The molecular formula is C11H21NO. The fraction of sp³-hybridized carbons (Fsp3) is 0.818. The molecule has 0 aliphatic carbocycles. The summed E-state index contributed by atoms with van der Waals surface area (Å²) in [6.07, 6.45) is 8.01. The highest BCUT2D eigenvalue weighted by atomic mass is 16.5. The molecule has 0 saturated carbocycles. The van der Waals surface area contributed by atoms with Crippen LogP contribution in [0, 0.1) is 5.92 Å². The van der Waals surface area contributed by atoms with Gasteiger partial charge in [0.25, 0.3) is 0 Å². The number of piperidine rings is 1. The monoisotopic (exact) mass is 183 g/mol. The van der Waals surface area contributed by atoms with Crippen molar-refractivity contribution in [3.8, 4) is 0 Å². The van der Waals surface area contributed by atoms with Gasteiger partial charge in [-0.1, -0.05) is 12.2 Å². The number of nitrogens with one attached hydrogen (secondary N) is 1. The van der Waals surface area contributed by atoms with Gasteiger partial charge in [-0.25, -0.2) is 0 Å². The average Bonchev–Trinajstić information content (AvgIpc) is 2.19. The summed E-state index contributed by atoms with van der Waals surface area (Å²) in [5.41, 5.74) is 0. The molecule has 0 aromatic carbocycles. The molecular weight excluding hydrogens is 162 g/mol. The van der Waals surface area contributed by atoms with Gasteiger partial charge in [-0.15, -0.1) is 0 Å². The second kappa shape index (κ2) is 7.10. The Morgan fingerprint density at radius 2 is 2.46 bits per heavy atom. The first-order chi connectivity index (χ1) is 6.43. The minimum absolute atomic E-state index is 0.774. The van der Waals surface area contributed by atoms with Crippen LogP contribution in [-0.4, -0.2) is 26.3 Å². The molecule has 0 aromatic heterocycles. The molecule has 1 atom stereocenters. The SMILES string of the molecule is CC=CCOCCC1CCCNC1. The highest BCUT2D eigenvalue weighted by Gasteiger charge is 2.11. The molecule has 2 nitrogen and oxygen atoms in total. The minimum atomic E-state index is 0.774. The van der Waals surface area contributed by atoms with Crippen molar-refractivity contribution < 1.29 is 4.74 Å². The van der Waals surface area contributed by atoms with Crippen molar-refractivity contribution in [1.82, 2.24) is 5.32 Å². The van der Waals surface area contributed by atoms with Crippen molar-refractivity contribution in [1.29, 1.82) is 0 Å². The summed E-state index contributed by atoms with van der Waals surface area (Å²) >= 11 is 0. The van der Waals surface area contributed by atoms with E-state index in [1.807, 2.05) is 13.0 Å². The average molecular weight is 183 g/mol. The van der Waals surface area contributed by atoms with Gasteiger partial charge >= 0.3 is 0 Å². The Labute approximate surface area is 81.4 Å². The zero-order valence-electron chi connectivity index (χ0n) is 8.59. The largest absolute Gasteiger partial charge is 0.377 e. The lowest BCUT2D eigenvalue weighted by atomic mass is 9.97. The molecule has 1 saturated heterocycles. The topological polar surface area (TPSA) is 21.3 Å². The summed E-state index contributed by atoms with van der Waals surface area (Å²) < 4.78 is 5.46. The van der Waals surface area contributed by atoms with Gasteiger partial charge in [0, 0.05) is 6.61 Å². The maximum atomic E-state index is 5.46. The third-order valence-corrected chi connectivity index (χ3v) is 2.52. The van der Waals surface area contributed by atoms with Crippen LogP contribution in [0.4, 0.5) is 0 Å². The van der Waals surface area contributed by atoms with E-state index in [1.54, 1.807) is 0 Å². The lowest BCUT2D eigenvalue weighted by Gasteiger charge is -2.22. The first-order valence-corrected chi connectivity index (χ1v) is 5.33. The molecule has 1 fully saturated rings. The van der Waals surface area contributed by atoms with E-state index in [1.165, 1.54) is 32.4 Å². The second-order valence-electron chi connectivity index (χ2n) is 3.65. The molecule has 0 spiro atoms. The molecule has 0 amide bonds. The van der Waals surface area contributed by atoms with E-state index in [0.717, 1.165) is 19.1 Å². The van der Waals surface area contributed by atoms with Crippen LogP contribution in [0.3, 0.4) is 0 Å². The number of ether oxygens (including phenoxy) is 1. The van der Waals surface area contributed by atoms with Crippen molar-refractivity contribution in [2.45, 2.75) is 26.2 Å². The van der Waals surface area contributed by atoms with E-state index in [0.29, 0.717) is 0 Å². The number of rotatable bonds is 5. The van der Waals surface area contributed by atoms with Crippen LogP contribution < -0.4 is 5.32 Å². The Hall–Kier alpha value is -0.340. The van der Waals surface area contributed by atoms with Gasteiger partial charge in [0.2, 0.25) is 0 Å². The van der Waals surface area contributed by atoms with Crippen molar-refractivity contribution in [3.05, 3.63) is 12.2 Å². The first-order valence-electron chi connectivity index (χ1n) is 5.33. The minimum Gasteiger partial charge on any atom is -0.377 e. The zero-order chi connectivity index (χ0) is 9.36. The Bertz CT molecular complexity index is 139. The molecule has 1 unspecified atom stereocenters. The van der Waals surface area contributed by atoms with Gasteiger partial charge in [-0.3, -0.25) is 0 Å². The molecule has 13 heavy (non-hydrogen) atoms. The second-order valence-corrected chi connectivity index (χ2v) is 3.65. The fourth-order valence-electron chi connectivity index (χ4n) is 1.67. The Kier molecular flexibility index (Phi) is 5.87. The molecule has 1 rings (SSSR count). The smallest absolute Gasteiger partial charge is 0.0647 e. The molecule has 1 aliphatic rings. The lowest BCUT2D eigenvalue weighted by molar-refractivity contribution is 0.139. The van der Waals surface area contributed by atoms with Gasteiger partial charge < -0.3 is 10.1 Å². The predicted molar refractivity (Wildman–Crippen MR) is 55.8 cm³/mol. The Morgan fingerprint density at radius 1 is 1.54 bits per heavy atom. The van der Waals surface area contributed by atoms with Gasteiger partial charge in [-0.2, -0.15) is 0 Å². The summed E-state index contributed by atoms with van der Waals surface area (Å²) in [6.45, 7) is 6.10. The number of hydrogen-bond acceptors (Lipinski definition) is 2. The molecule has 1 aliphatic heterocycles. The molecule has 0 radical (unpaired) electrons. The predicted octanol–water partition coefficient (Wildman–Crippen LogP) is 1.97. The third kappa shape index (κ3) is 5.06. The maximum Gasteiger partial charge on any atom is 0.0647 e. The van der Waals surface area contributed by atoms with Gasteiger partial charge in [-0.05, 0) is 45.2 Å². The molecule has 0 aromatic rings. The number of hydrogen-bond donors (Lipinski definition) is 1. The summed E-state index contributed by atoms with van der Waals surface area (Å²) in [6, 6.07) is 0. The van der Waals surface area contributed by atoms with Crippen LogP contribution in [0.15, 0.2) is 12.2 Å². The highest BCUT2D eigenvalue weighted by Crippen LogP contribution is 2.13. The van der Waals surface area contributed by atoms with Crippen LogP contribution >= 0.6 is 0 Å². The van der Waals surface area contributed by atoms with Crippen LogP contribution in [0.1, 0.15) is 26.2 Å². The summed E-state index contributed by atoms with van der Waals surface area (Å²) in [7, 11) is 0. The fourth-order valence-corrected chi connectivity index (χ4v) is 1.67. The van der Waals surface area contributed by atoms with Gasteiger partial charge in [0.15, 0.2) is 0 Å². The highest BCUT2D eigenvalue weighted by molar-refractivity contribution is 4.76. The Balaban J connectivity index is 1.92. The van der Waals surface area contributed by atoms with Crippen LogP contribution in [0.25, 0.3) is 0 Å². The van der Waals surface area contributed by atoms with E-state index in [-0.39, 0.29) is 0 Å². The third-order valence-electron chi connectivity index (χ3n) is 2.52. The summed E-state index contributed by atoms with van der Waals surface area (Å²) in [4.78, 5) is 0. The van der Waals surface area contributed by atoms with Crippen molar-refractivity contribution in [2.24, 2.45) is 5.92 Å². The lowest BCUT2D eigenvalue weighted by Crippen LogP contribution is -2.30.